The van der Waals surface area contributed by atoms with Gasteiger partial charge in [-0.15, -0.1) is 0 Å². The quantitative estimate of drug-likeness (QED) is 0.708. The second-order valence-electron chi connectivity index (χ2n) is 7.75. The molecule has 0 amide bonds. The molecule has 0 unspecified atom stereocenters. The summed E-state index contributed by atoms with van der Waals surface area (Å²) >= 11 is 0. The van der Waals surface area contributed by atoms with Crippen LogP contribution in [0.1, 0.15) is 11.3 Å². The maximum atomic E-state index is 5.44. The smallest absolute Gasteiger partial charge is 0.152 e. The summed E-state index contributed by atoms with van der Waals surface area (Å²) in [5, 5.41) is 5.75. The lowest BCUT2D eigenvalue weighted by molar-refractivity contribution is 0.0393. The molecule has 2 aliphatic heterocycles. The summed E-state index contributed by atoms with van der Waals surface area (Å²) in [6.45, 7) is 6.31. The number of anilines is 2. The lowest BCUT2D eigenvalue weighted by Crippen LogP contribution is -2.40. The molecule has 0 atom stereocenters. The van der Waals surface area contributed by atoms with Crippen molar-refractivity contribution in [2.75, 3.05) is 56.7 Å². The molecular formula is C23H26N6O. The summed E-state index contributed by atoms with van der Waals surface area (Å²) in [7, 11) is 2.12. The van der Waals surface area contributed by atoms with Gasteiger partial charge in [-0.1, -0.05) is 6.07 Å². The lowest BCUT2D eigenvalue weighted by Gasteiger charge is -2.29. The first kappa shape index (κ1) is 19.0. The van der Waals surface area contributed by atoms with Gasteiger partial charge in [0.15, 0.2) is 5.84 Å². The van der Waals surface area contributed by atoms with Crippen LogP contribution in [0, 0.1) is 0 Å². The van der Waals surface area contributed by atoms with E-state index in [9.17, 15) is 0 Å². The second kappa shape index (κ2) is 8.38. The summed E-state index contributed by atoms with van der Waals surface area (Å²) in [6.07, 6.45) is 3.70. The zero-order chi connectivity index (χ0) is 20.3. The van der Waals surface area contributed by atoms with E-state index in [4.69, 9.17) is 4.74 Å². The molecule has 4 heterocycles. The van der Waals surface area contributed by atoms with Crippen molar-refractivity contribution in [1.29, 1.82) is 0 Å². The molecule has 1 saturated heterocycles. The van der Waals surface area contributed by atoms with Gasteiger partial charge in [-0.2, -0.15) is 0 Å². The van der Waals surface area contributed by atoms with Crippen molar-refractivity contribution < 1.29 is 4.74 Å². The van der Waals surface area contributed by atoms with Crippen molar-refractivity contribution >= 4 is 28.1 Å². The summed E-state index contributed by atoms with van der Waals surface area (Å²) in [4.78, 5) is 18.4. The maximum Gasteiger partial charge on any atom is 0.152 e. The van der Waals surface area contributed by atoms with Crippen LogP contribution in [-0.2, 0) is 11.3 Å². The highest BCUT2D eigenvalue weighted by Gasteiger charge is 2.17. The van der Waals surface area contributed by atoms with Crippen LogP contribution < -0.4 is 10.2 Å². The Hall–Kier alpha value is -3.03. The van der Waals surface area contributed by atoms with E-state index in [-0.39, 0.29) is 0 Å². The highest BCUT2D eigenvalue weighted by Crippen LogP contribution is 2.27. The number of rotatable bonds is 5. The van der Waals surface area contributed by atoms with Crippen LogP contribution in [0.15, 0.2) is 53.8 Å². The Bertz CT molecular complexity index is 1080. The van der Waals surface area contributed by atoms with Crippen molar-refractivity contribution in [3.05, 3.63) is 60.0 Å². The average molecular weight is 403 g/mol. The Balaban J connectivity index is 1.32. The molecule has 0 spiro atoms. The molecule has 1 fully saturated rings. The Morgan fingerprint density at radius 1 is 1.10 bits per heavy atom. The molecular weight excluding hydrogens is 376 g/mol. The number of nitrogens with zero attached hydrogens (tertiary/aromatic N) is 5. The Labute approximate surface area is 176 Å². The van der Waals surface area contributed by atoms with Crippen molar-refractivity contribution in [1.82, 2.24) is 14.9 Å². The molecule has 0 radical (unpaired) electrons. The molecule has 2 aromatic heterocycles. The van der Waals surface area contributed by atoms with Crippen LogP contribution in [0.5, 0.6) is 0 Å². The highest BCUT2D eigenvalue weighted by molar-refractivity contribution is 6.10. The molecule has 0 saturated carbocycles. The van der Waals surface area contributed by atoms with Crippen LogP contribution in [0.4, 0.5) is 11.5 Å². The third kappa shape index (κ3) is 3.86. The van der Waals surface area contributed by atoms with E-state index in [2.05, 4.69) is 67.5 Å². The largest absolute Gasteiger partial charge is 0.379 e. The van der Waals surface area contributed by atoms with Crippen LogP contribution in [-0.4, -0.2) is 67.1 Å². The molecule has 1 N–H and O–H groups in total. The number of fused-ring (bicyclic) bond motifs is 2. The number of benzene rings is 1. The van der Waals surface area contributed by atoms with Gasteiger partial charge in [0.05, 0.1) is 19.8 Å². The minimum atomic E-state index is 0.682. The number of hydrogen-bond acceptors (Lipinski definition) is 7. The average Bonchev–Trinajstić information content (AvgIpc) is 3.20. The zero-order valence-corrected chi connectivity index (χ0v) is 17.2. The molecule has 0 aliphatic carbocycles. The topological polar surface area (TPSA) is 65.9 Å². The van der Waals surface area contributed by atoms with Gasteiger partial charge < -0.3 is 15.0 Å². The molecule has 2 aliphatic rings. The van der Waals surface area contributed by atoms with Gasteiger partial charge in [0, 0.05) is 62.3 Å². The molecule has 154 valence electrons. The predicted molar refractivity (Wildman–Crippen MR) is 120 cm³/mol. The van der Waals surface area contributed by atoms with Crippen molar-refractivity contribution in [2.45, 2.75) is 6.54 Å². The van der Waals surface area contributed by atoms with Crippen molar-refractivity contribution in [2.24, 2.45) is 4.99 Å². The monoisotopic (exact) mass is 402 g/mol. The SMILES string of the molecule is CN(CCN1CCOCC1)c1nccc2cc(NC3=NCc4cccnc43)ccc12. The Kier molecular flexibility index (Phi) is 5.29. The summed E-state index contributed by atoms with van der Waals surface area (Å²) in [5.41, 5.74) is 3.11. The van der Waals surface area contributed by atoms with Crippen LogP contribution in [0.25, 0.3) is 10.8 Å². The molecule has 3 aromatic rings. The Morgan fingerprint density at radius 3 is 2.90 bits per heavy atom. The van der Waals surface area contributed by atoms with E-state index in [1.54, 1.807) is 0 Å². The maximum absolute atomic E-state index is 5.44. The first-order valence-electron chi connectivity index (χ1n) is 10.4. The summed E-state index contributed by atoms with van der Waals surface area (Å²) in [5.74, 6) is 1.85. The van der Waals surface area contributed by atoms with E-state index < -0.39 is 0 Å². The fourth-order valence-electron chi connectivity index (χ4n) is 4.02. The third-order valence-corrected chi connectivity index (χ3v) is 5.75. The van der Waals surface area contributed by atoms with Gasteiger partial charge in [-0.25, -0.2) is 4.98 Å². The van der Waals surface area contributed by atoms with Gasteiger partial charge in [-0.05, 0) is 35.7 Å². The number of nitrogens with one attached hydrogen (secondary N) is 1. The van der Waals surface area contributed by atoms with Gasteiger partial charge in [0.2, 0.25) is 0 Å². The van der Waals surface area contributed by atoms with E-state index in [1.165, 1.54) is 0 Å². The fourth-order valence-corrected chi connectivity index (χ4v) is 4.02. The number of morpholine rings is 1. The zero-order valence-electron chi connectivity index (χ0n) is 17.2. The minimum absolute atomic E-state index is 0.682. The van der Waals surface area contributed by atoms with E-state index in [1.807, 2.05) is 18.5 Å². The van der Waals surface area contributed by atoms with Gasteiger partial charge >= 0.3 is 0 Å². The predicted octanol–water partition coefficient (Wildman–Crippen LogP) is 2.77. The fraction of sp³-hybridized carbons (Fsp3) is 0.348. The number of amidine groups is 1. The highest BCUT2D eigenvalue weighted by atomic mass is 16.5. The normalized spacial score (nSPS) is 16.4. The molecule has 5 rings (SSSR count). The summed E-state index contributed by atoms with van der Waals surface area (Å²) in [6, 6.07) is 12.5. The third-order valence-electron chi connectivity index (χ3n) is 5.75. The minimum Gasteiger partial charge on any atom is -0.379 e. The molecule has 0 bridgehead atoms. The molecule has 1 aromatic carbocycles. The first-order valence-corrected chi connectivity index (χ1v) is 10.4. The number of hydrogen-bond donors (Lipinski definition) is 1. The lowest BCUT2D eigenvalue weighted by atomic mass is 10.1. The van der Waals surface area contributed by atoms with E-state index in [0.29, 0.717) is 6.54 Å². The van der Waals surface area contributed by atoms with Crippen molar-refractivity contribution in [3.63, 3.8) is 0 Å². The molecule has 7 nitrogen and oxygen atoms in total. The number of likely N-dealkylation sites (N-methyl/N-ethyl adjacent to an activating group) is 1. The van der Waals surface area contributed by atoms with Crippen LogP contribution in [0.3, 0.4) is 0 Å². The number of pyridine rings is 2. The number of ether oxygens (including phenoxy) is 1. The van der Waals surface area contributed by atoms with Crippen molar-refractivity contribution in [3.8, 4) is 0 Å². The van der Waals surface area contributed by atoms with Gasteiger partial charge in [0.25, 0.3) is 0 Å². The van der Waals surface area contributed by atoms with Gasteiger partial charge in [0.1, 0.15) is 11.5 Å². The summed E-state index contributed by atoms with van der Waals surface area (Å²) < 4.78 is 5.44. The van der Waals surface area contributed by atoms with Gasteiger partial charge in [-0.3, -0.25) is 14.9 Å². The second-order valence-corrected chi connectivity index (χ2v) is 7.75. The number of aliphatic imine (C=N–C) groups is 1. The number of aromatic nitrogens is 2. The van der Waals surface area contributed by atoms with E-state index >= 15 is 0 Å². The van der Waals surface area contributed by atoms with Crippen LogP contribution >= 0.6 is 0 Å². The Morgan fingerprint density at radius 2 is 2.00 bits per heavy atom. The standard InChI is InChI=1S/C23H26N6O/c1-28(9-10-29-11-13-30-14-12-29)23-20-5-4-19(15-17(20)6-8-25-23)27-22-21-18(16-26-22)3-2-7-24-21/h2-8,15H,9-14,16H2,1H3,(H,26,27). The van der Waals surface area contributed by atoms with E-state index in [0.717, 1.165) is 78.8 Å². The molecule has 30 heavy (non-hydrogen) atoms. The van der Waals surface area contributed by atoms with Crippen LogP contribution in [0.2, 0.25) is 0 Å². The first-order chi connectivity index (χ1) is 14.8. The molecule has 7 heteroatoms.